The second kappa shape index (κ2) is 4.85. The van der Waals surface area contributed by atoms with E-state index < -0.39 is 17.7 Å². The lowest BCUT2D eigenvalue weighted by Crippen LogP contribution is -2.08. The van der Waals surface area contributed by atoms with Gasteiger partial charge in [-0.25, -0.2) is 9.07 Å². The molecule has 1 aromatic heterocycles. The van der Waals surface area contributed by atoms with Crippen LogP contribution in [0.4, 0.5) is 17.6 Å². The summed E-state index contributed by atoms with van der Waals surface area (Å²) >= 11 is 5.55. The molecule has 2 rings (SSSR count). The van der Waals surface area contributed by atoms with E-state index in [0.29, 0.717) is 5.56 Å². The first-order valence-corrected chi connectivity index (χ1v) is 5.85. The van der Waals surface area contributed by atoms with Crippen molar-refractivity contribution < 1.29 is 17.6 Å². The third-order valence-electron chi connectivity index (χ3n) is 2.57. The summed E-state index contributed by atoms with van der Waals surface area (Å²) in [5.41, 5.74) is -0.346. The molecule has 2 nitrogen and oxygen atoms in total. The van der Waals surface area contributed by atoms with Crippen LogP contribution in [-0.4, -0.2) is 9.78 Å². The van der Waals surface area contributed by atoms with Crippen LogP contribution in [-0.2, 0) is 12.1 Å². The molecule has 0 saturated heterocycles. The smallest absolute Gasteiger partial charge is 0.235 e. The molecule has 0 aliphatic carbocycles. The maximum Gasteiger partial charge on any atom is 0.435 e. The lowest BCUT2D eigenvalue weighted by Gasteiger charge is -2.07. The van der Waals surface area contributed by atoms with Gasteiger partial charge in [-0.3, -0.25) is 0 Å². The number of aryl methyl sites for hydroxylation is 1. The second-order valence-corrected chi connectivity index (χ2v) is 4.27. The van der Waals surface area contributed by atoms with Gasteiger partial charge in [-0.2, -0.15) is 18.3 Å². The summed E-state index contributed by atoms with van der Waals surface area (Å²) in [4.78, 5) is 0. The fourth-order valence-corrected chi connectivity index (χ4v) is 1.83. The summed E-state index contributed by atoms with van der Waals surface area (Å²) in [5.74, 6) is -0.540. The Balaban J connectivity index is 2.51. The molecule has 0 atom stereocenters. The standard InChI is InChI=1S/C12H9ClF4N2/c1-7-4-11(12(15,16)17)18-19(7)10-3-2-8(6-13)5-9(10)14/h2-5H,6H2,1H3. The highest BCUT2D eigenvalue weighted by molar-refractivity contribution is 6.17. The number of hydrogen-bond acceptors (Lipinski definition) is 1. The van der Waals surface area contributed by atoms with E-state index in [0.717, 1.165) is 10.7 Å². The van der Waals surface area contributed by atoms with Gasteiger partial charge in [0.2, 0.25) is 0 Å². The van der Waals surface area contributed by atoms with Gasteiger partial charge in [0.15, 0.2) is 5.69 Å². The van der Waals surface area contributed by atoms with Crippen LogP contribution in [0.3, 0.4) is 0 Å². The van der Waals surface area contributed by atoms with Crippen LogP contribution in [0.1, 0.15) is 17.0 Å². The Bertz CT molecular complexity index is 604. The van der Waals surface area contributed by atoms with Crippen LogP contribution in [0.2, 0.25) is 0 Å². The Kier molecular flexibility index (Phi) is 3.54. The Morgan fingerprint density at radius 2 is 1.95 bits per heavy atom. The van der Waals surface area contributed by atoms with Gasteiger partial charge in [0.1, 0.15) is 11.5 Å². The van der Waals surface area contributed by atoms with Crippen molar-refractivity contribution in [3.63, 3.8) is 0 Å². The molecule has 2 aromatic rings. The first-order chi connectivity index (χ1) is 8.82. The van der Waals surface area contributed by atoms with Crippen molar-refractivity contribution in [2.75, 3.05) is 0 Å². The Morgan fingerprint density at radius 3 is 2.42 bits per heavy atom. The molecule has 7 heteroatoms. The van der Waals surface area contributed by atoms with Crippen LogP contribution >= 0.6 is 11.6 Å². The zero-order chi connectivity index (χ0) is 14.2. The molecule has 0 saturated carbocycles. The molecule has 0 amide bonds. The van der Waals surface area contributed by atoms with Crippen molar-refractivity contribution in [1.82, 2.24) is 9.78 Å². The van der Waals surface area contributed by atoms with Gasteiger partial charge in [0, 0.05) is 11.6 Å². The normalized spacial score (nSPS) is 11.9. The van der Waals surface area contributed by atoms with Gasteiger partial charge in [0.25, 0.3) is 0 Å². The highest BCUT2D eigenvalue weighted by atomic mass is 35.5. The Labute approximate surface area is 111 Å². The zero-order valence-electron chi connectivity index (χ0n) is 9.80. The molecular formula is C12H9ClF4N2. The molecular weight excluding hydrogens is 284 g/mol. The summed E-state index contributed by atoms with van der Waals surface area (Å²) in [6, 6.07) is 4.94. The molecule has 0 bridgehead atoms. The fraction of sp³-hybridized carbons (Fsp3) is 0.250. The maximum absolute atomic E-state index is 13.8. The Hall–Kier alpha value is -1.56. The largest absolute Gasteiger partial charge is 0.435 e. The second-order valence-electron chi connectivity index (χ2n) is 4.00. The molecule has 0 unspecified atom stereocenters. The molecule has 0 fully saturated rings. The summed E-state index contributed by atoms with van der Waals surface area (Å²) in [6.07, 6.45) is -4.55. The number of hydrogen-bond donors (Lipinski definition) is 0. The van der Waals surface area contributed by atoms with Gasteiger partial charge in [-0.1, -0.05) is 6.07 Å². The average molecular weight is 293 g/mol. The van der Waals surface area contributed by atoms with E-state index in [-0.39, 0.29) is 17.3 Å². The molecule has 0 radical (unpaired) electrons. The molecule has 19 heavy (non-hydrogen) atoms. The van der Waals surface area contributed by atoms with Crippen molar-refractivity contribution in [1.29, 1.82) is 0 Å². The highest BCUT2D eigenvalue weighted by Gasteiger charge is 2.34. The minimum absolute atomic E-state index is 0.0399. The van der Waals surface area contributed by atoms with E-state index in [1.165, 1.54) is 19.1 Å². The third kappa shape index (κ3) is 2.73. The van der Waals surface area contributed by atoms with Crippen LogP contribution in [0.25, 0.3) is 5.69 Å². The van der Waals surface area contributed by atoms with Crippen molar-refractivity contribution in [3.8, 4) is 5.69 Å². The predicted octanol–water partition coefficient (Wildman–Crippen LogP) is 4.08. The van der Waals surface area contributed by atoms with E-state index in [4.69, 9.17) is 11.6 Å². The number of alkyl halides is 4. The van der Waals surface area contributed by atoms with Crippen LogP contribution in [0.15, 0.2) is 24.3 Å². The highest BCUT2D eigenvalue weighted by Crippen LogP contribution is 2.29. The topological polar surface area (TPSA) is 17.8 Å². The van der Waals surface area contributed by atoms with E-state index in [9.17, 15) is 17.6 Å². The van der Waals surface area contributed by atoms with Crippen molar-refractivity contribution >= 4 is 11.6 Å². The summed E-state index contributed by atoms with van der Waals surface area (Å²) in [6.45, 7) is 1.43. The van der Waals surface area contributed by atoms with Crippen LogP contribution in [0.5, 0.6) is 0 Å². The van der Waals surface area contributed by atoms with Crippen molar-refractivity contribution in [2.45, 2.75) is 19.0 Å². The maximum atomic E-state index is 13.8. The average Bonchev–Trinajstić information content (AvgIpc) is 2.71. The molecule has 1 aromatic carbocycles. The first kappa shape index (κ1) is 13.9. The van der Waals surface area contributed by atoms with E-state index in [1.807, 2.05) is 0 Å². The number of halogens is 5. The zero-order valence-corrected chi connectivity index (χ0v) is 10.6. The molecule has 0 aliphatic rings. The Morgan fingerprint density at radius 1 is 1.26 bits per heavy atom. The third-order valence-corrected chi connectivity index (χ3v) is 2.88. The lowest BCUT2D eigenvalue weighted by molar-refractivity contribution is -0.141. The molecule has 0 aliphatic heterocycles. The van der Waals surface area contributed by atoms with Gasteiger partial charge in [0.05, 0.1) is 0 Å². The summed E-state index contributed by atoms with van der Waals surface area (Å²) in [5, 5.41) is 3.39. The minimum atomic E-state index is -4.55. The van der Waals surface area contributed by atoms with E-state index in [1.54, 1.807) is 6.07 Å². The fourth-order valence-electron chi connectivity index (χ4n) is 1.66. The minimum Gasteiger partial charge on any atom is -0.235 e. The quantitative estimate of drug-likeness (QED) is 0.602. The van der Waals surface area contributed by atoms with E-state index >= 15 is 0 Å². The van der Waals surface area contributed by atoms with Gasteiger partial charge < -0.3 is 0 Å². The summed E-state index contributed by atoms with van der Waals surface area (Å²) < 4.78 is 52.3. The number of nitrogens with zero attached hydrogens (tertiary/aromatic N) is 2. The SMILES string of the molecule is Cc1cc(C(F)(F)F)nn1-c1ccc(CCl)cc1F. The molecule has 102 valence electrons. The van der Waals surface area contributed by atoms with Crippen LogP contribution in [0, 0.1) is 12.7 Å². The lowest BCUT2D eigenvalue weighted by atomic mass is 10.2. The van der Waals surface area contributed by atoms with Gasteiger partial charge in [-0.15, -0.1) is 11.6 Å². The van der Waals surface area contributed by atoms with Crippen molar-refractivity contribution in [3.05, 3.63) is 47.0 Å². The number of rotatable bonds is 2. The van der Waals surface area contributed by atoms with Gasteiger partial charge in [-0.05, 0) is 30.7 Å². The number of aromatic nitrogens is 2. The molecule has 0 N–H and O–H groups in total. The van der Waals surface area contributed by atoms with Crippen LogP contribution < -0.4 is 0 Å². The van der Waals surface area contributed by atoms with Crippen molar-refractivity contribution in [2.24, 2.45) is 0 Å². The predicted molar refractivity (Wildman–Crippen MR) is 62.8 cm³/mol. The number of benzene rings is 1. The van der Waals surface area contributed by atoms with E-state index in [2.05, 4.69) is 5.10 Å². The molecule has 1 heterocycles. The molecule has 0 spiro atoms. The summed E-state index contributed by atoms with van der Waals surface area (Å²) in [7, 11) is 0. The van der Waals surface area contributed by atoms with Gasteiger partial charge >= 0.3 is 6.18 Å². The first-order valence-electron chi connectivity index (χ1n) is 5.31. The monoisotopic (exact) mass is 292 g/mol.